The third-order valence-electron chi connectivity index (χ3n) is 4.90. The average Bonchev–Trinajstić information content (AvgIpc) is 2.37. The van der Waals surface area contributed by atoms with Crippen LogP contribution in [0, 0.1) is 11.3 Å². The standard InChI is InChI=1S/C17H37N3/c1-15(2)20-13-11-19(12-14-20)10-6-7-16(8-9-18)17(3,4)5/h15-16H,6-14,18H2,1-5H3. The summed E-state index contributed by atoms with van der Waals surface area (Å²) in [6.07, 6.45) is 3.82. The molecule has 120 valence electrons. The molecule has 1 saturated heterocycles. The molecule has 1 fully saturated rings. The highest BCUT2D eigenvalue weighted by atomic mass is 15.3. The Hall–Kier alpha value is -0.120. The van der Waals surface area contributed by atoms with Crippen LogP contribution in [0.25, 0.3) is 0 Å². The molecular formula is C17H37N3. The molecule has 1 atom stereocenters. The molecule has 20 heavy (non-hydrogen) atoms. The summed E-state index contributed by atoms with van der Waals surface area (Å²) in [6.45, 7) is 18.7. The highest BCUT2D eigenvalue weighted by molar-refractivity contribution is 4.77. The van der Waals surface area contributed by atoms with Gasteiger partial charge in [-0.2, -0.15) is 0 Å². The zero-order chi connectivity index (χ0) is 15.2. The zero-order valence-corrected chi connectivity index (χ0v) is 14.5. The van der Waals surface area contributed by atoms with Crippen molar-refractivity contribution < 1.29 is 0 Å². The van der Waals surface area contributed by atoms with Crippen molar-refractivity contribution in [2.45, 2.75) is 59.9 Å². The smallest absolute Gasteiger partial charge is 0.0113 e. The molecule has 0 radical (unpaired) electrons. The van der Waals surface area contributed by atoms with Gasteiger partial charge in [-0.1, -0.05) is 20.8 Å². The molecule has 0 saturated carbocycles. The van der Waals surface area contributed by atoms with E-state index in [1.807, 2.05) is 0 Å². The van der Waals surface area contributed by atoms with Gasteiger partial charge in [-0.05, 0) is 57.5 Å². The summed E-state index contributed by atoms with van der Waals surface area (Å²) in [7, 11) is 0. The Morgan fingerprint density at radius 1 is 1.00 bits per heavy atom. The van der Waals surface area contributed by atoms with Crippen LogP contribution in [0.5, 0.6) is 0 Å². The largest absolute Gasteiger partial charge is 0.330 e. The fraction of sp³-hybridized carbons (Fsp3) is 1.00. The van der Waals surface area contributed by atoms with E-state index in [1.165, 1.54) is 52.0 Å². The van der Waals surface area contributed by atoms with Crippen LogP contribution in [0.3, 0.4) is 0 Å². The predicted molar refractivity (Wildman–Crippen MR) is 89.0 cm³/mol. The van der Waals surface area contributed by atoms with E-state index in [4.69, 9.17) is 5.73 Å². The molecular weight excluding hydrogens is 246 g/mol. The number of hydrogen-bond acceptors (Lipinski definition) is 3. The summed E-state index contributed by atoms with van der Waals surface area (Å²) >= 11 is 0. The van der Waals surface area contributed by atoms with Gasteiger partial charge in [0.05, 0.1) is 0 Å². The lowest BCUT2D eigenvalue weighted by atomic mass is 9.76. The van der Waals surface area contributed by atoms with Crippen molar-refractivity contribution in [3.8, 4) is 0 Å². The van der Waals surface area contributed by atoms with Crippen LogP contribution in [0.15, 0.2) is 0 Å². The van der Waals surface area contributed by atoms with Gasteiger partial charge in [-0.15, -0.1) is 0 Å². The van der Waals surface area contributed by atoms with E-state index < -0.39 is 0 Å². The highest BCUT2D eigenvalue weighted by Crippen LogP contribution is 2.32. The van der Waals surface area contributed by atoms with Crippen LogP contribution < -0.4 is 5.73 Å². The van der Waals surface area contributed by atoms with Crippen LogP contribution in [-0.4, -0.2) is 55.1 Å². The topological polar surface area (TPSA) is 32.5 Å². The van der Waals surface area contributed by atoms with Crippen molar-refractivity contribution >= 4 is 0 Å². The van der Waals surface area contributed by atoms with Crippen LogP contribution in [0.2, 0.25) is 0 Å². The molecule has 0 aromatic heterocycles. The van der Waals surface area contributed by atoms with E-state index in [0.717, 1.165) is 12.5 Å². The first kappa shape index (κ1) is 17.9. The van der Waals surface area contributed by atoms with Gasteiger partial charge >= 0.3 is 0 Å². The minimum absolute atomic E-state index is 0.399. The minimum atomic E-state index is 0.399. The maximum atomic E-state index is 5.77. The van der Waals surface area contributed by atoms with E-state index in [0.29, 0.717) is 11.5 Å². The van der Waals surface area contributed by atoms with Crippen molar-refractivity contribution in [2.75, 3.05) is 39.3 Å². The van der Waals surface area contributed by atoms with Crippen molar-refractivity contribution in [2.24, 2.45) is 17.1 Å². The summed E-state index contributed by atoms with van der Waals surface area (Å²) in [5.74, 6) is 0.768. The van der Waals surface area contributed by atoms with E-state index in [2.05, 4.69) is 44.4 Å². The first-order valence-corrected chi connectivity index (χ1v) is 8.51. The average molecular weight is 284 g/mol. The summed E-state index contributed by atoms with van der Waals surface area (Å²) in [5.41, 5.74) is 6.17. The normalized spacial score (nSPS) is 20.6. The summed E-state index contributed by atoms with van der Waals surface area (Å²) in [5, 5.41) is 0. The van der Waals surface area contributed by atoms with Gasteiger partial charge < -0.3 is 10.6 Å². The zero-order valence-electron chi connectivity index (χ0n) is 14.5. The molecule has 2 N–H and O–H groups in total. The van der Waals surface area contributed by atoms with Crippen molar-refractivity contribution in [1.82, 2.24) is 9.80 Å². The van der Waals surface area contributed by atoms with Crippen molar-refractivity contribution in [3.63, 3.8) is 0 Å². The van der Waals surface area contributed by atoms with Crippen LogP contribution >= 0.6 is 0 Å². The van der Waals surface area contributed by atoms with Crippen molar-refractivity contribution in [3.05, 3.63) is 0 Å². The molecule has 1 rings (SSSR count). The van der Waals surface area contributed by atoms with Crippen LogP contribution in [0.4, 0.5) is 0 Å². The molecule has 3 heteroatoms. The quantitative estimate of drug-likeness (QED) is 0.780. The summed E-state index contributed by atoms with van der Waals surface area (Å²) in [4.78, 5) is 5.23. The second-order valence-corrected chi connectivity index (χ2v) is 7.75. The van der Waals surface area contributed by atoms with Gasteiger partial charge in [-0.3, -0.25) is 4.90 Å². The fourth-order valence-electron chi connectivity index (χ4n) is 3.28. The Bertz CT molecular complexity index is 249. The third kappa shape index (κ3) is 6.11. The first-order valence-electron chi connectivity index (χ1n) is 8.51. The molecule has 0 aromatic rings. The molecule has 0 amide bonds. The number of hydrogen-bond donors (Lipinski definition) is 1. The molecule has 0 spiro atoms. The molecule has 1 aliphatic rings. The fourth-order valence-corrected chi connectivity index (χ4v) is 3.28. The molecule has 1 aliphatic heterocycles. The van der Waals surface area contributed by atoms with Gasteiger partial charge in [0.15, 0.2) is 0 Å². The lowest BCUT2D eigenvalue weighted by Gasteiger charge is -2.37. The Morgan fingerprint density at radius 3 is 2.05 bits per heavy atom. The van der Waals surface area contributed by atoms with Gasteiger partial charge in [0.25, 0.3) is 0 Å². The third-order valence-corrected chi connectivity index (χ3v) is 4.90. The van der Waals surface area contributed by atoms with E-state index in [-0.39, 0.29) is 0 Å². The van der Waals surface area contributed by atoms with Gasteiger partial charge in [0.1, 0.15) is 0 Å². The monoisotopic (exact) mass is 283 g/mol. The number of nitrogens with two attached hydrogens (primary N) is 1. The van der Waals surface area contributed by atoms with Crippen LogP contribution in [-0.2, 0) is 0 Å². The maximum Gasteiger partial charge on any atom is 0.0113 e. The van der Waals surface area contributed by atoms with E-state index in [9.17, 15) is 0 Å². The number of nitrogens with zero attached hydrogens (tertiary/aromatic N) is 2. The molecule has 0 bridgehead atoms. The van der Waals surface area contributed by atoms with Gasteiger partial charge in [-0.25, -0.2) is 0 Å². The maximum absolute atomic E-state index is 5.77. The van der Waals surface area contributed by atoms with Crippen LogP contribution in [0.1, 0.15) is 53.9 Å². The minimum Gasteiger partial charge on any atom is -0.330 e. The molecule has 1 heterocycles. The second kappa shape index (κ2) is 8.35. The Kier molecular flexibility index (Phi) is 7.49. The number of rotatable bonds is 7. The van der Waals surface area contributed by atoms with Gasteiger partial charge in [0, 0.05) is 32.2 Å². The molecule has 3 nitrogen and oxygen atoms in total. The lowest BCUT2D eigenvalue weighted by molar-refractivity contribution is 0.103. The highest BCUT2D eigenvalue weighted by Gasteiger charge is 2.24. The molecule has 1 unspecified atom stereocenters. The lowest BCUT2D eigenvalue weighted by Crippen LogP contribution is -2.49. The number of piperazine rings is 1. The Balaban J connectivity index is 2.24. The summed E-state index contributed by atoms with van der Waals surface area (Å²) in [6, 6.07) is 0.701. The molecule has 0 aromatic carbocycles. The van der Waals surface area contributed by atoms with Gasteiger partial charge in [0.2, 0.25) is 0 Å². The predicted octanol–water partition coefficient (Wildman–Crippen LogP) is 2.80. The molecule has 0 aliphatic carbocycles. The second-order valence-electron chi connectivity index (χ2n) is 7.75. The SMILES string of the molecule is CC(C)N1CCN(CCCC(CCN)C(C)(C)C)CC1. The Labute approximate surface area is 126 Å². The summed E-state index contributed by atoms with van der Waals surface area (Å²) < 4.78 is 0. The van der Waals surface area contributed by atoms with E-state index in [1.54, 1.807) is 0 Å². The van der Waals surface area contributed by atoms with E-state index >= 15 is 0 Å². The first-order chi connectivity index (χ1) is 9.34. The van der Waals surface area contributed by atoms with Crippen molar-refractivity contribution in [1.29, 1.82) is 0 Å². The Morgan fingerprint density at radius 2 is 1.60 bits per heavy atom.